The first kappa shape index (κ1) is 14.8. The third-order valence-corrected chi connectivity index (χ3v) is 3.60. The summed E-state index contributed by atoms with van der Waals surface area (Å²) in [6.07, 6.45) is 1.39. The van der Waals surface area contributed by atoms with E-state index < -0.39 is 6.04 Å². The Balaban J connectivity index is 2.02. The summed E-state index contributed by atoms with van der Waals surface area (Å²) in [5.74, 6) is 0.468. The van der Waals surface area contributed by atoms with Crippen LogP contribution in [0.3, 0.4) is 0 Å². The lowest BCUT2D eigenvalue weighted by molar-refractivity contribution is 0.414. The Morgan fingerprint density at radius 1 is 1.20 bits per heavy atom. The third-order valence-electron chi connectivity index (χ3n) is 3.27. The van der Waals surface area contributed by atoms with Gasteiger partial charge in [0, 0.05) is 16.6 Å². The van der Waals surface area contributed by atoms with Crippen molar-refractivity contribution in [2.45, 2.75) is 18.9 Å². The van der Waals surface area contributed by atoms with E-state index in [9.17, 15) is 4.39 Å². The molecule has 2 aromatic carbocycles. The minimum absolute atomic E-state index is 0.347. The Morgan fingerprint density at radius 3 is 2.50 bits per heavy atom. The van der Waals surface area contributed by atoms with E-state index in [2.05, 4.69) is 0 Å². The molecule has 0 saturated heterocycles. The van der Waals surface area contributed by atoms with Crippen LogP contribution in [0.15, 0.2) is 42.5 Å². The highest BCUT2D eigenvalue weighted by atomic mass is 35.5. The van der Waals surface area contributed by atoms with Crippen LogP contribution < -0.4 is 10.5 Å². The van der Waals surface area contributed by atoms with Gasteiger partial charge in [-0.3, -0.25) is 0 Å². The quantitative estimate of drug-likeness (QED) is 0.900. The standard InChI is InChI=1S/C16H17ClFNO/c1-20-12-8-5-11(6-9-12)7-10-15(19)16-13(17)3-2-4-14(16)18/h2-6,8-9,15H,7,10,19H2,1H3. The Bertz CT molecular complexity index is 551. The smallest absolute Gasteiger partial charge is 0.129 e. The van der Waals surface area contributed by atoms with Gasteiger partial charge >= 0.3 is 0 Å². The molecule has 0 saturated carbocycles. The summed E-state index contributed by atoms with van der Waals surface area (Å²) in [6.45, 7) is 0. The second-order valence-electron chi connectivity index (χ2n) is 4.63. The molecule has 0 aliphatic heterocycles. The van der Waals surface area contributed by atoms with Crippen molar-refractivity contribution < 1.29 is 9.13 Å². The summed E-state index contributed by atoms with van der Waals surface area (Å²) >= 11 is 6.01. The maximum Gasteiger partial charge on any atom is 0.129 e. The molecular weight excluding hydrogens is 277 g/mol. The van der Waals surface area contributed by atoms with E-state index in [0.717, 1.165) is 17.7 Å². The molecule has 2 N–H and O–H groups in total. The molecule has 0 aromatic heterocycles. The second kappa shape index (κ2) is 6.73. The SMILES string of the molecule is COc1ccc(CCC(N)c2c(F)cccc2Cl)cc1. The van der Waals surface area contributed by atoms with Crippen LogP contribution in [0.25, 0.3) is 0 Å². The van der Waals surface area contributed by atoms with E-state index >= 15 is 0 Å². The van der Waals surface area contributed by atoms with Crippen molar-refractivity contribution in [3.8, 4) is 5.75 Å². The van der Waals surface area contributed by atoms with Gasteiger partial charge in [0.1, 0.15) is 11.6 Å². The largest absolute Gasteiger partial charge is 0.497 e. The minimum Gasteiger partial charge on any atom is -0.497 e. The first-order chi connectivity index (χ1) is 9.61. The Morgan fingerprint density at radius 2 is 1.90 bits per heavy atom. The van der Waals surface area contributed by atoms with Gasteiger partial charge in [-0.2, -0.15) is 0 Å². The maximum absolute atomic E-state index is 13.7. The number of hydrogen-bond donors (Lipinski definition) is 1. The average molecular weight is 294 g/mol. The number of rotatable bonds is 5. The van der Waals surface area contributed by atoms with Crippen molar-refractivity contribution in [3.05, 3.63) is 64.4 Å². The van der Waals surface area contributed by atoms with Crippen molar-refractivity contribution in [1.82, 2.24) is 0 Å². The zero-order valence-electron chi connectivity index (χ0n) is 11.3. The molecule has 0 spiro atoms. The molecule has 0 fully saturated rings. The van der Waals surface area contributed by atoms with Crippen LogP contribution in [0.2, 0.25) is 5.02 Å². The zero-order chi connectivity index (χ0) is 14.5. The monoisotopic (exact) mass is 293 g/mol. The van der Waals surface area contributed by atoms with Gasteiger partial charge in [-0.15, -0.1) is 0 Å². The van der Waals surface area contributed by atoms with Gasteiger partial charge in [0.2, 0.25) is 0 Å². The van der Waals surface area contributed by atoms with Crippen LogP contribution in [0.4, 0.5) is 4.39 Å². The molecule has 0 radical (unpaired) electrons. The molecule has 2 aromatic rings. The van der Waals surface area contributed by atoms with Gasteiger partial charge in [-0.05, 0) is 42.7 Å². The molecule has 4 heteroatoms. The molecule has 0 aliphatic rings. The lowest BCUT2D eigenvalue weighted by Crippen LogP contribution is -2.13. The lowest BCUT2D eigenvalue weighted by Gasteiger charge is -2.14. The first-order valence-corrected chi connectivity index (χ1v) is 6.82. The molecule has 2 nitrogen and oxygen atoms in total. The fourth-order valence-electron chi connectivity index (χ4n) is 2.12. The molecule has 106 valence electrons. The highest BCUT2D eigenvalue weighted by Gasteiger charge is 2.15. The third kappa shape index (κ3) is 3.50. The molecule has 1 unspecified atom stereocenters. The number of aryl methyl sites for hydroxylation is 1. The van der Waals surface area contributed by atoms with Gasteiger partial charge in [-0.25, -0.2) is 4.39 Å². The maximum atomic E-state index is 13.7. The zero-order valence-corrected chi connectivity index (χ0v) is 12.0. The van der Waals surface area contributed by atoms with E-state index in [1.54, 1.807) is 19.2 Å². The number of methoxy groups -OCH3 is 1. The Kier molecular flexibility index (Phi) is 4.99. The van der Waals surface area contributed by atoms with Crippen LogP contribution >= 0.6 is 11.6 Å². The van der Waals surface area contributed by atoms with Crippen molar-refractivity contribution in [3.63, 3.8) is 0 Å². The first-order valence-electron chi connectivity index (χ1n) is 6.44. The molecule has 0 amide bonds. The van der Waals surface area contributed by atoms with Crippen molar-refractivity contribution in [2.75, 3.05) is 7.11 Å². The number of hydrogen-bond acceptors (Lipinski definition) is 2. The van der Waals surface area contributed by atoms with Crippen molar-refractivity contribution in [1.29, 1.82) is 0 Å². The van der Waals surface area contributed by atoms with Crippen LogP contribution in [-0.4, -0.2) is 7.11 Å². The Labute approximate surface area is 123 Å². The van der Waals surface area contributed by atoms with Crippen LogP contribution in [0.1, 0.15) is 23.6 Å². The van der Waals surface area contributed by atoms with Crippen molar-refractivity contribution in [2.24, 2.45) is 5.73 Å². The van der Waals surface area contributed by atoms with Gasteiger partial charge < -0.3 is 10.5 Å². The second-order valence-corrected chi connectivity index (χ2v) is 5.04. The number of nitrogens with two attached hydrogens (primary N) is 1. The molecule has 2 rings (SSSR count). The number of halogens is 2. The molecule has 20 heavy (non-hydrogen) atoms. The molecule has 1 atom stereocenters. The average Bonchev–Trinajstić information content (AvgIpc) is 2.45. The van der Waals surface area contributed by atoms with E-state index in [-0.39, 0.29) is 5.82 Å². The predicted molar refractivity (Wildman–Crippen MR) is 79.7 cm³/mol. The fraction of sp³-hybridized carbons (Fsp3) is 0.250. The van der Waals surface area contributed by atoms with Crippen LogP contribution in [0, 0.1) is 5.82 Å². The molecule has 0 heterocycles. The van der Waals surface area contributed by atoms with E-state index in [1.807, 2.05) is 24.3 Å². The predicted octanol–water partition coefficient (Wildman–Crippen LogP) is 4.12. The van der Waals surface area contributed by atoms with E-state index in [1.165, 1.54) is 6.07 Å². The van der Waals surface area contributed by atoms with E-state index in [0.29, 0.717) is 17.0 Å². The number of benzene rings is 2. The van der Waals surface area contributed by atoms with Gasteiger partial charge in [0.25, 0.3) is 0 Å². The highest BCUT2D eigenvalue weighted by molar-refractivity contribution is 6.31. The summed E-state index contributed by atoms with van der Waals surface area (Å²) in [5.41, 5.74) is 7.58. The summed E-state index contributed by atoms with van der Waals surface area (Å²) in [5, 5.41) is 0.382. The van der Waals surface area contributed by atoms with Gasteiger partial charge in [-0.1, -0.05) is 29.8 Å². The van der Waals surface area contributed by atoms with Gasteiger partial charge in [0.15, 0.2) is 0 Å². The Hall–Kier alpha value is -1.58. The topological polar surface area (TPSA) is 35.2 Å². The minimum atomic E-state index is -0.411. The molecule has 0 bridgehead atoms. The number of ether oxygens (including phenoxy) is 1. The highest BCUT2D eigenvalue weighted by Crippen LogP contribution is 2.27. The lowest BCUT2D eigenvalue weighted by atomic mass is 9.99. The summed E-state index contributed by atoms with van der Waals surface area (Å²) in [7, 11) is 1.63. The summed E-state index contributed by atoms with van der Waals surface area (Å²) in [4.78, 5) is 0. The van der Waals surface area contributed by atoms with Crippen LogP contribution in [-0.2, 0) is 6.42 Å². The summed E-state index contributed by atoms with van der Waals surface area (Å²) in [6, 6.07) is 12.0. The van der Waals surface area contributed by atoms with E-state index in [4.69, 9.17) is 22.1 Å². The normalized spacial score (nSPS) is 12.2. The molecule has 0 aliphatic carbocycles. The van der Waals surface area contributed by atoms with Gasteiger partial charge in [0.05, 0.1) is 7.11 Å². The fourth-order valence-corrected chi connectivity index (χ4v) is 2.43. The van der Waals surface area contributed by atoms with Crippen molar-refractivity contribution >= 4 is 11.6 Å². The summed E-state index contributed by atoms with van der Waals surface area (Å²) < 4.78 is 18.8. The molecular formula is C16H17ClFNO. The van der Waals surface area contributed by atoms with Crippen LogP contribution in [0.5, 0.6) is 5.75 Å².